The van der Waals surface area contributed by atoms with Gasteiger partial charge in [-0.25, -0.2) is 0 Å². The lowest BCUT2D eigenvalue weighted by molar-refractivity contribution is 0.0945. The van der Waals surface area contributed by atoms with Gasteiger partial charge in [-0.2, -0.15) is 0 Å². The van der Waals surface area contributed by atoms with Crippen LogP contribution in [0.5, 0.6) is 0 Å². The molecule has 2 heteroatoms. The molecule has 1 saturated carbocycles. The second kappa shape index (κ2) is 9.80. The summed E-state index contributed by atoms with van der Waals surface area (Å²) in [5.41, 5.74) is 0. The third-order valence-electron chi connectivity index (χ3n) is 4.43. The fourth-order valence-electron chi connectivity index (χ4n) is 3.31. The Balaban J connectivity index is 2.24. The van der Waals surface area contributed by atoms with Crippen molar-refractivity contribution in [2.75, 3.05) is 20.3 Å². The lowest BCUT2D eigenvalue weighted by Gasteiger charge is -2.36. The Kier molecular flexibility index (Phi) is 8.70. The lowest BCUT2D eigenvalue weighted by Crippen LogP contribution is -2.39. The van der Waals surface area contributed by atoms with Gasteiger partial charge < -0.3 is 10.1 Å². The molecule has 0 aromatic carbocycles. The highest BCUT2D eigenvalue weighted by Crippen LogP contribution is 2.33. The molecule has 0 amide bonds. The van der Waals surface area contributed by atoms with Gasteiger partial charge >= 0.3 is 0 Å². The maximum Gasteiger partial charge on any atom is 0.0469 e. The smallest absolute Gasteiger partial charge is 0.0469 e. The number of rotatable bonds is 9. The fraction of sp³-hybridized carbons (Fsp3) is 1.00. The van der Waals surface area contributed by atoms with E-state index >= 15 is 0 Å². The molecule has 3 atom stereocenters. The van der Waals surface area contributed by atoms with Crippen molar-refractivity contribution in [3.05, 3.63) is 0 Å². The Bertz CT molecular complexity index is 196. The first-order valence-electron chi connectivity index (χ1n) is 8.06. The standard InChI is InChI=1S/C16H33NO/c1-4-6-11-18-12-10-15-13-14(7-5-2)8-9-16(15)17-3/h14-17H,4-13H2,1-3H3. The molecule has 1 rings (SSSR count). The maximum absolute atomic E-state index is 5.74. The molecular formula is C16H33NO. The first-order valence-corrected chi connectivity index (χ1v) is 8.06. The van der Waals surface area contributed by atoms with Gasteiger partial charge in [0.25, 0.3) is 0 Å². The molecule has 1 fully saturated rings. The summed E-state index contributed by atoms with van der Waals surface area (Å²) in [5.74, 6) is 1.81. The lowest BCUT2D eigenvalue weighted by atomic mass is 9.75. The Morgan fingerprint density at radius 1 is 1.06 bits per heavy atom. The number of nitrogens with one attached hydrogen (secondary N) is 1. The van der Waals surface area contributed by atoms with Crippen LogP contribution in [0, 0.1) is 11.8 Å². The van der Waals surface area contributed by atoms with Gasteiger partial charge in [-0.3, -0.25) is 0 Å². The molecule has 1 N–H and O–H groups in total. The molecule has 18 heavy (non-hydrogen) atoms. The van der Waals surface area contributed by atoms with E-state index in [1.54, 1.807) is 0 Å². The number of unbranched alkanes of at least 4 members (excludes halogenated alkanes) is 1. The van der Waals surface area contributed by atoms with E-state index in [9.17, 15) is 0 Å². The van der Waals surface area contributed by atoms with Crippen LogP contribution in [0.15, 0.2) is 0 Å². The van der Waals surface area contributed by atoms with Crippen molar-refractivity contribution in [1.82, 2.24) is 5.32 Å². The van der Waals surface area contributed by atoms with Crippen LogP contribution in [0.4, 0.5) is 0 Å². The van der Waals surface area contributed by atoms with Gasteiger partial charge in [0.15, 0.2) is 0 Å². The van der Waals surface area contributed by atoms with Gasteiger partial charge in [-0.15, -0.1) is 0 Å². The minimum absolute atomic E-state index is 0.730. The fourth-order valence-corrected chi connectivity index (χ4v) is 3.31. The van der Waals surface area contributed by atoms with Gasteiger partial charge in [0.1, 0.15) is 0 Å². The summed E-state index contributed by atoms with van der Waals surface area (Å²) >= 11 is 0. The van der Waals surface area contributed by atoms with Gasteiger partial charge in [0.2, 0.25) is 0 Å². The van der Waals surface area contributed by atoms with Crippen molar-refractivity contribution in [3.8, 4) is 0 Å². The van der Waals surface area contributed by atoms with Crippen LogP contribution in [0.1, 0.15) is 65.2 Å². The van der Waals surface area contributed by atoms with Crippen molar-refractivity contribution < 1.29 is 4.74 Å². The zero-order valence-electron chi connectivity index (χ0n) is 12.7. The number of ether oxygens (including phenoxy) is 1. The highest BCUT2D eigenvalue weighted by molar-refractivity contribution is 4.83. The molecule has 0 saturated heterocycles. The summed E-state index contributed by atoms with van der Waals surface area (Å²) in [4.78, 5) is 0. The minimum atomic E-state index is 0.730. The van der Waals surface area contributed by atoms with Crippen molar-refractivity contribution in [2.45, 2.75) is 71.3 Å². The summed E-state index contributed by atoms with van der Waals surface area (Å²) in [5, 5.41) is 3.51. The Hall–Kier alpha value is -0.0800. The summed E-state index contributed by atoms with van der Waals surface area (Å²) in [6, 6.07) is 0.730. The minimum Gasteiger partial charge on any atom is -0.381 e. The van der Waals surface area contributed by atoms with Crippen LogP contribution in [0.2, 0.25) is 0 Å². The van der Waals surface area contributed by atoms with Gasteiger partial charge in [0.05, 0.1) is 0 Å². The van der Waals surface area contributed by atoms with Crippen LogP contribution in [0.3, 0.4) is 0 Å². The monoisotopic (exact) mass is 255 g/mol. The molecule has 0 aliphatic heterocycles. The van der Waals surface area contributed by atoms with E-state index in [2.05, 4.69) is 26.2 Å². The summed E-state index contributed by atoms with van der Waals surface area (Å²) in [6.07, 6.45) is 10.7. The highest BCUT2D eigenvalue weighted by Gasteiger charge is 2.28. The summed E-state index contributed by atoms with van der Waals surface area (Å²) in [6.45, 7) is 6.44. The molecule has 2 nitrogen and oxygen atoms in total. The average molecular weight is 255 g/mol. The molecule has 0 bridgehead atoms. The van der Waals surface area contributed by atoms with Crippen LogP contribution >= 0.6 is 0 Å². The van der Waals surface area contributed by atoms with Gasteiger partial charge in [0, 0.05) is 19.3 Å². The quantitative estimate of drug-likeness (QED) is 0.629. The molecule has 0 aromatic rings. The summed E-state index contributed by atoms with van der Waals surface area (Å²) < 4.78 is 5.74. The van der Waals surface area contributed by atoms with Crippen LogP contribution in [-0.2, 0) is 4.74 Å². The van der Waals surface area contributed by atoms with Crippen molar-refractivity contribution >= 4 is 0 Å². The number of hydrogen-bond donors (Lipinski definition) is 1. The topological polar surface area (TPSA) is 21.3 Å². The van der Waals surface area contributed by atoms with Crippen molar-refractivity contribution in [1.29, 1.82) is 0 Å². The number of hydrogen-bond acceptors (Lipinski definition) is 2. The largest absolute Gasteiger partial charge is 0.381 e. The SMILES string of the molecule is CCCCOCCC1CC(CCC)CCC1NC. The van der Waals surface area contributed by atoms with Crippen LogP contribution < -0.4 is 5.32 Å². The van der Waals surface area contributed by atoms with E-state index in [4.69, 9.17) is 4.74 Å². The zero-order valence-corrected chi connectivity index (χ0v) is 12.7. The van der Waals surface area contributed by atoms with Gasteiger partial charge in [-0.1, -0.05) is 33.1 Å². The van der Waals surface area contributed by atoms with E-state index in [-0.39, 0.29) is 0 Å². The van der Waals surface area contributed by atoms with Crippen LogP contribution in [0.25, 0.3) is 0 Å². The molecule has 1 aliphatic carbocycles. The Morgan fingerprint density at radius 3 is 2.56 bits per heavy atom. The van der Waals surface area contributed by atoms with E-state index in [0.717, 1.165) is 31.1 Å². The summed E-state index contributed by atoms with van der Waals surface area (Å²) in [7, 11) is 2.12. The normalized spacial score (nSPS) is 28.5. The Labute approximate surface area is 114 Å². The highest BCUT2D eigenvalue weighted by atomic mass is 16.5. The molecule has 0 spiro atoms. The van der Waals surface area contributed by atoms with Crippen molar-refractivity contribution in [2.24, 2.45) is 11.8 Å². The first-order chi connectivity index (χ1) is 8.81. The molecule has 0 heterocycles. The second-order valence-electron chi connectivity index (χ2n) is 5.88. The van der Waals surface area contributed by atoms with Gasteiger partial charge in [-0.05, 0) is 51.0 Å². The first kappa shape index (κ1) is 16.0. The molecule has 108 valence electrons. The van der Waals surface area contributed by atoms with E-state index < -0.39 is 0 Å². The zero-order chi connectivity index (χ0) is 13.2. The van der Waals surface area contributed by atoms with Crippen LogP contribution in [-0.4, -0.2) is 26.3 Å². The molecular weight excluding hydrogens is 222 g/mol. The van der Waals surface area contributed by atoms with E-state index in [1.165, 1.54) is 51.4 Å². The maximum atomic E-state index is 5.74. The van der Waals surface area contributed by atoms with E-state index in [0.29, 0.717) is 0 Å². The van der Waals surface area contributed by atoms with E-state index in [1.807, 2.05) is 0 Å². The molecule has 1 aliphatic rings. The molecule has 3 unspecified atom stereocenters. The predicted octanol–water partition coefficient (Wildman–Crippen LogP) is 4.00. The Morgan fingerprint density at radius 2 is 1.89 bits per heavy atom. The average Bonchev–Trinajstić information content (AvgIpc) is 2.39. The predicted molar refractivity (Wildman–Crippen MR) is 78.9 cm³/mol. The van der Waals surface area contributed by atoms with Crippen molar-refractivity contribution in [3.63, 3.8) is 0 Å². The second-order valence-corrected chi connectivity index (χ2v) is 5.88. The molecule has 0 aromatic heterocycles. The third kappa shape index (κ3) is 5.71. The molecule has 0 radical (unpaired) electrons. The third-order valence-corrected chi connectivity index (χ3v) is 4.43.